The van der Waals surface area contributed by atoms with E-state index in [0.29, 0.717) is 6.54 Å². The van der Waals surface area contributed by atoms with E-state index in [1.165, 1.54) is 12.3 Å². The topological polar surface area (TPSA) is 44.9 Å². The number of halogens is 1. The van der Waals surface area contributed by atoms with Gasteiger partial charge in [0.2, 0.25) is 5.91 Å². The Kier molecular flexibility index (Phi) is 3.64. The molecule has 2 N–H and O–H groups in total. The Bertz CT molecular complexity index is 572. The van der Waals surface area contributed by atoms with Crippen molar-refractivity contribution in [3.8, 4) is 0 Å². The summed E-state index contributed by atoms with van der Waals surface area (Å²) in [5, 5.41) is 3.89. The highest BCUT2D eigenvalue weighted by Gasteiger charge is 2.00. The molecule has 0 atom stereocenters. The highest BCUT2D eigenvalue weighted by molar-refractivity contribution is 9.10. The van der Waals surface area contributed by atoms with Crippen molar-refractivity contribution in [3.05, 3.63) is 40.5 Å². The molecule has 0 radical (unpaired) electrons. The Morgan fingerprint density at radius 2 is 2.35 bits per heavy atom. The van der Waals surface area contributed by atoms with Crippen molar-refractivity contribution in [2.75, 3.05) is 6.54 Å². The fraction of sp³-hybridized carbons (Fsp3) is 0.154. The molecule has 17 heavy (non-hydrogen) atoms. The van der Waals surface area contributed by atoms with Crippen LogP contribution in [0, 0.1) is 0 Å². The van der Waals surface area contributed by atoms with Gasteiger partial charge in [-0.05, 0) is 23.8 Å². The highest BCUT2D eigenvalue weighted by Crippen LogP contribution is 2.23. The van der Waals surface area contributed by atoms with Crippen LogP contribution in [0.3, 0.4) is 0 Å². The van der Waals surface area contributed by atoms with Crippen molar-refractivity contribution in [2.24, 2.45) is 0 Å². The standard InChI is InChI=1S/C13H13BrN2O/c1-9(17)15-6-2-3-10-8-16-13-5-4-11(14)7-12(10)13/h2-5,7-8,16H,6H2,1H3,(H,15,17). The van der Waals surface area contributed by atoms with Crippen LogP contribution in [0.4, 0.5) is 0 Å². The van der Waals surface area contributed by atoms with Crippen LogP contribution in [0.15, 0.2) is 34.9 Å². The number of fused-ring (bicyclic) bond motifs is 1. The van der Waals surface area contributed by atoms with E-state index in [4.69, 9.17) is 0 Å². The first-order valence-electron chi connectivity index (χ1n) is 5.34. The van der Waals surface area contributed by atoms with Gasteiger partial charge in [-0.25, -0.2) is 0 Å². The summed E-state index contributed by atoms with van der Waals surface area (Å²) in [5.41, 5.74) is 2.22. The quantitative estimate of drug-likeness (QED) is 0.897. The molecule has 1 amide bonds. The number of rotatable bonds is 3. The second-order valence-electron chi connectivity index (χ2n) is 3.77. The summed E-state index contributed by atoms with van der Waals surface area (Å²) >= 11 is 3.46. The first-order valence-corrected chi connectivity index (χ1v) is 6.14. The van der Waals surface area contributed by atoms with Crippen molar-refractivity contribution in [1.82, 2.24) is 10.3 Å². The number of benzene rings is 1. The Morgan fingerprint density at radius 3 is 3.12 bits per heavy atom. The van der Waals surface area contributed by atoms with E-state index in [-0.39, 0.29) is 5.91 Å². The minimum absolute atomic E-state index is 0.0173. The lowest BCUT2D eigenvalue weighted by Crippen LogP contribution is -2.19. The summed E-state index contributed by atoms with van der Waals surface area (Å²) in [6, 6.07) is 6.11. The number of aromatic amines is 1. The predicted molar refractivity (Wildman–Crippen MR) is 73.7 cm³/mol. The maximum Gasteiger partial charge on any atom is 0.217 e. The van der Waals surface area contributed by atoms with Gasteiger partial charge in [0.1, 0.15) is 0 Å². The van der Waals surface area contributed by atoms with Crippen LogP contribution in [-0.4, -0.2) is 17.4 Å². The lowest BCUT2D eigenvalue weighted by atomic mass is 10.1. The summed E-state index contributed by atoms with van der Waals surface area (Å²) in [6.45, 7) is 2.06. The zero-order valence-corrected chi connectivity index (χ0v) is 11.0. The molecular formula is C13H13BrN2O. The van der Waals surface area contributed by atoms with Gasteiger partial charge in [-0.1, -0.05) is 28.1 Å². The zero-order chi connectivity index (χ0) is 12.3. The number of hydrogen-bond acceptors (Lipinski definition) is 1. The lowest BCUT2D eigenvalue weighted by molar-refractivity contribution is -0.118. The Balaban J connectivity index is 2.18. The summed E-state index contributed by atoms with van der Waals surface area (Å²) in [7, 11) is 0. The lowest BCUT2D eigenvalue weighted by Gasteiger charge is -1.95. The SMILES string of the molecule is CC(=O)NCC=Cc1c[nH]c2ccc(Br)cc12. The summed E-state index contributed by atoms with van der Waals surface area (Å²) in [5.74, 6) is -0.0173. The van der Waals surface area contributed by atoms with Crippen molar-refractivity contribution in [3.63, 3.8) is 0 Å². The van der Waals surface area contributed by atoms with Crippen molar-refractivity contribution < 1.29 is 4.79 Å². The molecule has 0 aliphatic heterocycles. The van der Waals surface area contributed by atoms with E-state index in [0.717, 1.165) is 15.6 Å². The second kappa shape index (κ2) is 5.19. The minimum atomic E-state index is -0.0173. The fourth-order valence-electron chi connectivity index (χ4n) is 1.64. The minimum Gasteiger partial charge on any atom is -0.361 e. The number of carbonyl (C=O) groups is 1. The average Bonchev–Trinajstić information content (AvgIpc) is 2.67. The molecule has 2 rings (SSSR count). The summed E-state index contributed by atoms with van der Waals surface area (Å²) < 4.78 is 1.06. The van der Waals surface area contributed by atoms with Gasteiger partial charge in [-0.3, -0.25) is 4.79 Å². The molecule has 1 aromatic carbocycles. The molecule has 1 aromatic heterocycles. The molecule has 0 saturated carbocycles. The predicted octanol–water partition coefficient (Wildman–Crippen LogP) is 3.08. The van der Waals surface area contributed by atoms with Gasteiger partial charge in [0, 0.05) is 35.0 Å². The maximum atomic E-state index is 10.7. The first-order chi connectivity index (χ1) is 8.16. The molecule has 0 saturated heterocycles. The van der Waals surface area contributed by atoms with Crippen LogP contribution < -0.4 is 5.32 Å². The summed E-state index contributed by atoms with van der Waals surface area (Å²) in [6.07, 6.45) is 5.90. The second-order valence-corrected chi connectivity index (χ2v) is 4.69. The van der Waals surface area contributed by atoms with E-state index in [1.54, 1.807) is 0 Å². The maximum absolute atomic E-state index is 10.7. The zero-order valence-electron chi connectivity index (χ0n) is 9.46. The van der Waals surface area contributed by atoms with Gasteiger partial charge in [0.25, 0.3) is 0 Å². The molecule has 0 spiro atoms. The van der Waals surface area contributed by atoms with Gasteiger partial charge in [0.15, 0.2) is 0 Å². The van der Waals surface area contributed by atoms with E-state index >= 15 is 0 Å². The largest absolute Gasteiger partial charge is 0.361 e. The third kappa shape index (κ3) is 2.97. The normalized spacial score (nSPS) is 11.2. The number of carbonyl (C=O) groups excluding carboxylic acids is 1. The van der Waals surface area contributed by atoms with E-state index in [2.05, 4.69) is 32.3 Å². The first kappa shape index (κ1) is 11.9. The number of nitrogens with one attached hydrogen (secondary N) is 2. The van der Waals surface area contributed by atoms with E-state index in [1.807, 2.05) is 30.5 Å². The van der Waals surface area contributed by atoms with Gasteiger partial charge >= 0.3 is 0 Å². The van der Waals surface area contributed by atoms with Crippen LogP contribution in [0.25, 0.3) is 17.0 Å². The molecule has 0 bridgehead atoms. The third-order valence-electron chi connectivity index (χ3n) is 2.44. The molecule has 1 heterocycles. The fourth-order valence-corrected chi connectivity index (χ4v) is 2.00. The Morgan fingerprint density at radius 1 is 1.53 bits per heavy atom. The van der Waals surface area contributed by atoms with Gasteiger partial charge in [-0.15, -0.1) is 0 Å². The summed E-state index contributed by atoms with van der Waals surface area (Å²) in [4.78, 5) is 13.9. The number of H-pyrrole nitrogens is 1. The van der Waals surface area contributed by atoms with Crippen molar-refractivity contribution in [2.45, 2.75) is 6.92 Å². The van der Waals surface area contributed by atoms with Crippen LogP contribution in [0.5, 0.6) is 0 Å². The molecule has 88 valence electrons. The Hall–Kier alpha value is -1.55. The van der Waals surface area contributed by atoms with Crippen LogP contribution >= 0.6 is 15.9 Å². The smallest absolute Gasteiger partial charge is 0.217 e. The van der Waals surface area contributed by atoms with Gasteiger partial charge in [-0.2, -0.15) is 0 Å². The van der Waals surface area contributed by atoms with Crippen molar-refractivity contribution >= 4 is 38.8 Å². The van der Waals surface area contributed by atoms with E-state index < -0.39 is 0 Å². The monoisotopic (exact) mass is 292 g/mol. The van der Waals surface area contributed by atoms with Gasteiger partial charge in [0.05, 0.1) is 0 Å². The van der Waals surface area contributed by atoms with Crippen LogP contribution in [0.2, 0.25) is 0 Å². The number of hydrogen-bond donors (Lipinski definition) is 2. The molecule has 3 nitrogen and oxygen atoms in total. The molecular weight excluding hydrogens is 280 g/mol. The third-order valence-corrected chi connectivity index (χ3v) is 2.94. The number of amides is 1. The molecule has 0 aliphatic rings. The molecule has 0 fully saturated rings. The molecule has 2 aromatic rings. The molecule has 4 heteroatoms. The number of aromatic nitrogens is 1. The Labute approximate surface area is 108 Å². The molecule has 0 aliphatic carbocycles. The average molecular weight is 293 g/mol. The van der Waals surface area contributed by atoms with Crippen LogP contribution in [0.1, 0.15) is 12.5 Å². The molecule has 0 unspecified atom stereocenters. The highest BCUT2D eigenvalue weighted by atomic mass is 79.9. The van der Waals surface area contributed by atoms with Crippen LogP contribution in [-0.2, 0) is 4.79 Å². The van der Waals surface area contributed by atoms with Gasteiger partial charge < -0.3 is 10.3 Å². The van der Waals surface area contributed by atoms with Crippen molar-refractivity contribution in [1.29, 1.82) is 0 Å². The van der Waals surface area contributed by atoms with E-state index in [9.17, 15) is 4.79 Å².